The van der Waals surface area contributed by atoms with E-state index in [1.165, 1.54) is 6.07 Å². The summed E-state index contributed by atoms with van der Waals surface area (Å²) < 4.78 is 13.3. The molecule has 3 heteroatoms. The number of rotatable bonds is 6. The molecule has 2 rings (SSSR count). The summed E-state index contributed by atoms with van der Waals surface area (Å²) >= 11 is 0. The van der Waals surface area contributed by atoms with Gasteiger partial charge in [-0.25, -0.2) is 4.39 Å². The van der Waals surface area contributed by atoms with E-state index in [2.05, 4.69) is 17.2 Å². The zero-order valence-electron chi connectivity index (χ0n) is 11.1. The fourth-order valence-corrected chi connectivity index (χ4v) is 2.10. The Morgan fingerprint density at radius 2 is 2.16 bits per heavy atom. The highest BCUT2D eigenvalue weighted by Crippen LogP contribution is 2.19. The quantitative estimate of drug-likeness (QED) is 0.857. The summed E-state index contributed by atoms with van der Waals surface area (Å²) in [7, 11) is 0. The van der Waals surface area contributed by atoms with E-state index in [-0.39, 0.29) is 11.9 Å². The lowest BCUT2D eigenvalue weighted by Crippen LogP contribution is -2.24. The summed E-state index contributed by atoms with van der Waals surface area (Å²) in [4.78, 5) is 4.13. The lowest BCUT2D eigenvalue weighted by atomic mass is 9.99. The number of nitrogens with zero attached hydrogens (tertiary/aromatic N) is 1. The Morgan fingerprint density at radius 3 is 2.84 bits per heavy atom. The highest BCUT2D eigenvalue weighted by atomic mass is 19.1. The van der Waals surface area contributed by atoms with Crippen molar-refractivity contribution in [2.24, 2.45) is 0 Å². The highest BCUT2D eigenvalue weighted by Gasteiger charge is 2.12. The van der Waals surface area contributed by atoms with Crippen LogP contribution >= 0.6 is 0 Å². The van der Waals surface area contributed by atoms with Crippen molar-refractivity contribution < 1.29 is 4.39 Å². The van der Waals surface area contributed by atoms with E-state index in [0.717, 1.165) is 30.5 Å². The fraction of sp³-hybridized carbons (Fsp3) is 0.312. The largest absolute Gasteiger partial charge is 0.310 e. The zero-order valence-corrected chi connectivity index (χ0v) is 11.1. The molecule has 0 aliphatic heterocycles. The van der Waals surface area contributed by atoms with Gasteiger partial charge in [0.1, 0.15) is 5.82 Å². The predicted molar refractivity (Wildman–Crippen MR) is 75.4 cm³/mol. The zero-order chi connectivity index (χ0) is 13.5. The van der Waals surface area contributed by atoms with E-state index >= 15 is 0 Å². The van der Waals surface area contributed by atoms with Crippen LogP contribution in [-0.2, 0) is 6.42 Å². The predicted octanol–water partition coefficient (Wildman–Crippen LogP) is 3.50. The molecule has 1 aromatic heterocycles. The van der Waals surface area contributed by atoms with Gasteiger partial charge in [-0.05, 0) is 48.7 Å². The van der Waals surface area contributed by atoms with Crippen molar-refractivity contribution in [3.8, 4) is 0 Å². The van der Waals surface area contributed by atoms with Gasteiger partial charge in [0.25, 0.3) is 0 Å². The van der Waals surface area contributed by atoms with E-state index < -0.39 is 0 Å². The molecule has 0 bridgehead atoms. The molecule has 1 heterocycles. The maximum atomic E-state index is 13.3. The summed E-state index contributed by atoms with van der Waals surface area (Å²) in [6.07, 6.45) is 5.50. The third-order valence-electron chi connectivity index (χ3n) is 3.05. The van der Waals surface area contributed by atoms with Gasteiger partial charge < -0.3 is 5.32 Å². The number of hydrogen-bond donors (Lipinski definition) is 1. The van der Waals surface area contributed by atoms with Gasteiger partial charge in [-0.15, -0.1) is 0 Å². The van der Waals surface area contributed by atoms with Crippen LogP contribution in [0.5, 0.6) is 0 Å². The van der Waals surface area contributed by atoms with Crippen molar-refractivity contribution in [3.63, 3.8) is 0 Å². The molecule has 1 unspecified atom stereocenters. The minimum Gasteiger partial charge on any atom is -0.310 e. The van der Waals surface area contributed by atoms with Crippen molar-refractivity contribution in [1.82, 2.24) is 10.3 Å². The second-order valence-electron chi connectivity index (χ2n) is 4.63. The smallest absolute Gasteiger partial charge is 0.123 e. The molecule has 19 heavy (non-hydrogen) atoms. The second kappa shape index (κ2) is 7.00. The van der Waals surface area contributed by atoms with Crippen LogP contribution in [0.25, 0.3) is 0 Å². The lowest BCUT2D eigenvalue weighted by molar-refractivity contribution is 0.523. The Hall–Kier alpha value is -1.74. The average Bonchev–Trinajstić information content (AvgIpc) is 2.44. The van der Waals surface area contributed by atoms with Crippen LogP contribution in [0.4, 0.5) is 4.39 Å². The molecule has 1 atom stereocenters. The Kier molecular flexibility index (Phi) is 5.04. The van der Waals surface area contributed by atoms with Crippen molar-refractivity contribution in [2.75, 3.05) is 6.54 Å². The van der Waals surface area contributed by atoms with Crippen LogP contribution in [-0.4, -0.2) is 11.5 Å². The maximum Gasteiger partial charge on any atom is 0.123 e. The molecule has 0 radical (unpaired) electrons. The number of benzene rings is 1. The van der Waals surface area contributed by atoms with Crippen LogP contribution in [0.3, 0.4) is 0 Å². The summed E-state index contributed by atoms with van der Waals surface area (Å²) in [5.41, 5.74) is 2.14. The van der Waals surface area contributed by atoms with Gasteiger partial charge in [0.05, 0.1) is 0 Å². The first-order chi connectivity index (χ1) is 9.29. The third kappa shape index (κ3) is 4.14. The van der Waals surface area contributed by atoms with Crippen LogP contribution in [0, 0.1) is 5.82 Å². The van der Waals surface area contributed by atoms with Gasteiger partial charge in [0.15, 0.2) is 0 Å². The third-order valence-corrected chi connectivity index (χ3v) is 3.05. The van der Waals surface area contributed by atoms with Gasteiger partial charge in [-0.1, -0.05) is 25.1 Å². The Bertz CT molecular complexity index is 499. The molecule has 2 aromatic rings. The number of pyridine rings is 1. The highest BCUT2D eigenvalue weighted by molar-refractivity contribution is 5.23. The van der Waals surface area contributed by atoms with Gasteiger partial charge in [0.2, 0.25) is 0 Å². The van der Waals surface area contributed by atoms with E-state index in [1.54, 1.807) is 18.3 Å². The second-order valence-corrected chi connectivity index (χ2v) is 4.63. The van der Waals surface area contributed by atoms with Crippen LogP contribution in [0.2, 0.25) is 0 Å². The lowest BCUT2D eigenvalue weighted by Gasteiger charge is -2.19. The summed E-state index contributed by atoms with van der Waals surface area (Å²) in [5, 5.41) is 3.47. The van der Waals surface area contributed by atoms with Gasteiger partial charge >= 0.3 is 0 Å². The van der Waals surface area contributed by atoms with Gasteiger partial charge in [-0.3, -0.25) is 4.98 Å². The maximum absolute atomic E-state index is 13.3. The fourth-order valence-electron chi connectivity index (χ4n) is 2.10. The molecule has 0 aliphatic rings. The Labute approximate surface area is 113 Å². The molecule has 0 spiro atoms. The van der Waals surface area contributed by atoms with Crippen LogP contribution in [0.15, 0.2) is 48.8 Å². The van der Waals surface area contributed by atoms with Gasteiger partial charge in [0, 0.05) is 18.4 Å². The summed E-state index contributed by atoms with van der Waals surface area (Å²) in [6.45, 7) is 3.04. The van der Waals surface area contributed by atoms with Crippen LogP contribution < -0.4 is 5.32 Å². The normalized spacial score (nSPS) is 12.3. The molecule has 1 aromatic carbocycles. The first-order valence-electron chi connectivity index (χ1n) is 6.67. The number of nitrogens with one attached hydrogen (secondary N) is 1. The molecule has 0 saturated carbocycles. The first-order valence-corrected chi connectivity index (χ1v) is 6.67. The topological polar surface area (TPSA) is 24.9 Å². The number of halogens is 1. The molecular formula is C16H19FN2. The van der Waals surface area contributed by atoms with Crippen molar-refractivity contribution in [2.45, 2.75) is 25.8 Å². The Balaban J connectivity index is 2.16. The molecule has 0 fully saturated rings. The molecule has 1 N–H and O–H groups in total. The molecular weight excluding hydrogens is 239 g/mol. The monoisotopic (exact) mass is 258 g/mol. The van der Waals surface area contributed by atoms with Crippen molar-refractivity contribution in [1.29, 1.82) is 0 Å². The van der Waals surface area contributed by atoms with E-state index in [0.29, 0.717) is 0 Å². The minimum absolute atomic E-state index is 0.125. The molecule has 0 aliphatic carbocycles. The van der Waals surface area contributed by atoms with Crippen molar-refractivity contribution >= 4 is 0 Å². The summed E-state index contributed by atoms with van der Waals surface area (Å²) in [5.74, 6) is -0.188. The van der Waals surface area contributed by atoms with E-state index in [4.69, 9.17) is 0 Å². The molecule has 100 valence electrons. The number of aromatic nitrogens is 1. The molecule has 0 saturated heterocycles. The minimum atomic E-state index is -0.188. The van der Waals surface area contributed by atoms with Gasteiger partial charge in [-0.2, -0.15) is 0 Å². The summed E-state index contributed by atoms with van der Waals surface area (Å²) in [6, 6.07) is 10.9. The standard InChI is InChI=1S/C16H19FN2/c1-2-8-19-16(10-13-5-4-9-18-12-13)14-6-3-7-15(17)11-14/h3-7,9,11-12,16,19H,2,8,10H2,1H3. The first kappa shape index (κ1) is 13.7. The number of hydrogen-bond acceptors (Lipinski definition) is 2. The molecule has 2 nitrogen and oxygen atoms in total. The average molecular weight is 258 g/mol. The SMILES string of the molecule is CCCNC(Cc1cccnc1)c1cccc(F)c1. The van der Waals surface area contributed by atoms with E-state index in [1.807, 2.05) is 24.4 Å². The van der Waals surface area contributed by atoms with Crippen molar-refractivity contribution in [3.05, 3.63) is 65.7 Å². The molecule has 0 amide bonds. The van der Waals surface area contributed by atoms with Crippen LogP contribution in [0.1, 0.15) is 30.5 Å². The van der Waals surface area contributed by atoms with E-state index in [9.17, 15) is 4.39 Å². The Morgan fingerprint density at radius 1 is 1.26 bits per heavy atom.